The van der Waals surface area contributed by atoms with E-state index in [0.29, 0.717) is 11.3 Å². The molecule has 160 valence electrons. The Kier molecular flexibility index (Phi) is 7.09. The maximum absolute atomic E-state index is 13.2. The van der Waals surface area contributed by atoms with Crippen molar-refractivity contribution in [2.24, 2.45) is 5.10 Å². The summed E-state index contributed by atoms with van der Waals surface area (Å²) >= 11 is 3.29. The summed E-state index contributed by atoms with van der Waals surface area (Å²) in [6, 6.07) is 19.6. The first-order valence-electron chi connectivity index (χ1n) is 9.22. The number of rotatable bonds is 7. The summed E-state index contributed by atoms with van der Waals surface area (Å²) in [4.78, 5) is 12.6. The fourth-order valence-corrected chi connectivity index (χ4v) is 4.60. The number of hydrogen-bond donors (Lipinski definition) is 2. The maximum Gasteiger partial charge on any atom is 0.264 e. The van der Waals surface area contributed by atoms with Crippen molar-refractivity contribution in [2.75, 3.05) is 10.8 Å². The van der Waals surface area contributed by atoms with E-state index in [1.807, 2.05) is 13.0 Å². The number of halogens is 1. The van der Waals surface area contributed by atoms with E-state index < -0.39 is 22.5 Å². The molecule has 0 aliphatic carbocycles. The van der Waals surface area contributed by atoms with Crippen molar-refractivity contribution in [3.05, 3.63) is 88.4 Å². The van der Waals surface area contributed by atoms with Gasteiger partial charge in [0.1, 0.15) is 12.3 Å². The molecule has 0 atom stereocenters. The van der Waals surface area contributed by atoms with Gasteiger partial charge in [-0.1, -0.05) is 46.3 Å². The van der Waals surface area contributed by atoms with Gasteiger partial charge in [0.2, 0.25) is 0 Å². The number of aryl methyl sites for hydroxylation is 1. The van der Waals surface area contributed by atoms with Gasteiger partial charge in [0.25, 0.3) is 15.9 Å². The van der Waals surface area contributed by atoms with Crippen LogP contribution in [0.5, 0.6) is 5.75 Å². The molecule has 0 saturated carbocycles. The number of sulfonamides is 1. The monoisotopic (exact) mass is 501 g/mol. The predicted octanol–water partition coefficient (Wildman–Crippen LogP) is 3.81. The number of carbonyl (C=O) groups excluding carboxylic acids is 1. The van der Waals surface area contributed by atoms with E-state index in [1.54, 1.807) is 48.5 Å². The SMILES string of the molecule is Cc1cccc(N(CC(=O)NN=Cc2cc(Br)ccc2O)S(=O)(=O)c2ccccc2)c1. The molecule has 0 spiro atoms. The van der Waals surface area contributed by atoms with Crippen molar-refractivity contribution >= 4 is 43.8 Å². The number of anilines is 1. The van der Waals surface area contributed by atoms with Crippen LogP contribution < -0.4 is 9.73 Å². The van der Waals surface area contributed by atoms with Crippen molar-refractivity contribution in [1.82, 2.24) is 5.43 Å². The normalized spacial score (nSPS) is 11.4. The molecule has 7 nitrogen and oxygen atoms in total. The number of phenolic OH excluding ortho intramolecular Hbond substituents is 1. The molecule has 0 heterocycles. The van der Waals surface area contributed by atoms with Gasteiger partial charge in [0, 0.05) is 10.0 Å². The van der Waals surface area contributed by atoms with Crippen LogP contribution in [0.1, 0.15) is 11.1 Å². The van der Waals surface area contributed by atoms with E-state index in [-0.39, 0.29) is 10.6 Å². The van der Waals surface area contributed by atoms with E-state index in [0.717, 1.165) is 14.3 Å². The highest BCUT2D eigenvalue weighted by Crippen LogP contribution is 2.24. The maximum atomic E-state index is 13.2. The fourth-order valence-electron chi connectivity index (χ4n) is 2.79. The molecule has 3 aromatic carbocycles. The molecule has 0 fully saturated rings. The van der Waals surface area contributed by atoms with Gasteiger partial charge in [0.05, 0.1) is 16.8 Å². The lowest BCUT2D eigenvalue weighted by Crippen LogP contribution is -2.39. The lowest BCUT2D eigenvalue weighted by atomic mass is 10.2. The highest BCUT2D eigenvalue weighted by Gasteiger charge is 2.27. The first-order valence-corrected chi connectivity index (χ1v) is 11.5. The Balaban J connectivity index is 1.84. The van der Waals surface area contributed by atoms with Crippen LogP contribution in [0.15, 0.2) is 87.3 Å². The first kappa shape index (κ1) is 22.5. The molecule has 0 bridgehead atoms. The molecular weight excluding hydrogens is 482 g/mol. The van der Waals surface area contributed by atoms with Crippen LogP contribution in [0.2, 0.25) is 0 Å². The van der Waals surface area contributed by atoms with Gasteiger partial charge in [-0.3, -0.25) is 9.10 Å². The number of benzene rings is 3. The van der Waals surface area contributed by atoms with Gasteiger partial charge < -0.3 is 5.11 Å². The Morgan fingerprint density at radius 2 is 1.84 bits per heavy atom. The van der Waals surface area contributed by atoms with Crippen LogP contribution in [0.4, 0.5) is 5.69 Å². The third kappa shape index (κ3) is 5.71. The second-order valence-electron chi connectivity index (χ2n) is 6.66. The van der Waals surface area contributed by atoms with Crippen molar-refractivity contribution in [3.63, 3.8) is 0 Å². The number of carbonyl (C=O) groups is 1. The quantitative estimate of drug-likeness (QED) is 0.379. The highest BCUT2D eigenvalue weighted by atomic mass is 79.9. The summed E-state index contributed by atoms with van der Waals surface area (Å²) in [6.07, 6.45) is 1.28. The molecule has 9 heteroatoms. The first-order chi connectivity index (χ1) is 14.8. The Morgan fingerprint density at radius 1 is 1.10 bits per heavy atom. The minimum Gasteiger partial charge on any atom is -0.507 e. The summed E-state index contributed by atoms with van der Waals surface area (Å²) in [5, 5.41) is 13.7. The largest absolute Gasteiger partial charge is 0.507 e. The van der Waals surface area contributed by atoms with Crippen LogP contribution in [-0.2, 0) is 14.8 Å². The number of hydrazone groups is 1. The molecule has 31 heavy (non-hydrogen) atoms. The molecular formula is C22H20BrN3O4S. The lowest BCUT2D eigenvalue weighted by molar-refractivity contribution is -0.119. The third-order valence-corrected chi connectivity index (χ3v) is 6.57. The van der Waals surface area contributed by atoms with Gasteiger partial charge in [-0.05, 0) is 55.0 Å². The van der Waals surface area contributed by atoms with E-state index >= 15 is 0 Å². The Morgan fingerprint density at radius 3 is 2.55 bits per heavy atom. The molecule has 0 saturated heterocycles. The summed E-state index contributed by atoms with van der Waals surface area (Å²) in [7, 11) is -3.98. The van der Waals surface area contributed by atoms with E-state index in [2.05, 4.69) is 26.5 Å². The molecule has 2 N–H and O–H groups in total. The van der Waals surface area contributed by atoms with Gasteiger partial charge in [-0.15, -0.1) is 0 Å². The van der Waals surface area contributed by atoms with Crippen molar-refractivity contribution in [2.45, 2.75) is 11.8 Å². The highest BCUT2D eigenvalue weighted by molar-refractivity contribution is 9.10. The van der Waals surface area contributed by atoms with Crippen LogP contribution in [-0.4, -0.2) is 32.2 Å². The molecule has 0 aliphatic heterocycles. The molecule has 0 unspecified atom stereocenters. The van der Waals surface area contributed by atoms with Crippen molar-refractivity contribution in [3.8, 4) is 5.75 Å². The zero-order valence-corrected chi connectivity index (χ0v) is 19.0. The van der Waals surface area contributed by atoms with Gasteiger partial charge in [-0.2, -0.15) is 5.10 Å². The second-order valence-corrected chi connectivity index (χ2v) is 9.44. The fraction of sp³-hybridized carbons (Fsp3) is 0.0909. The van der Waals surface area contributed by atoms with Crippen LogP contribution in [0.25, 0.3) is 0 Å². The predicted molar refractivity (Wildman–Crippen MR) is 124 cm³/mol. The zero-order valence-electron chi connectivity index (χ0n) is 16.6. The Labute approximate surface area is 189 Å². The minimum atomic E-state index is -3.98. The van der Waals surface area contributed by atoms with Gasteiger partial charge in [-0.25, -0.2) is 13.8 Å². The molecule has 0 aromatic heterocycles. The average molecular weight is 502 g/mol. The topological polar surface area (TPSA) is 99.1 Å². The molecule has 3 rings (SSSR count). The van der Waals surface area contributed by atoms with Crippen molar-refractivity contribution < 1.29 is 18.3 Å². The molecule has 3 aromatic rings. The third-order valence-electron chi connectivity index (χ3n) is 4.29. The molecule has 0 aliphatic rings. The number of amides is 1. The average Bonchev–Trinajstić information content (AvgIpc) is 2.75. The number of nitrogens with one attached hydrogen (secondary N) is 1. The molecule has 1 amide bonds. The summed E-state index contributed by atoms with van der Waals surface area (Å²) in [5.74, 6) is -0.638. The van der Waals surface area contributed by atoms with E-state index in [9.17, 15) is 18.3 Å². The Bertz CT molecular complexity index is 1210. The summed E-state index contributed by atoms with van der Waals surface area (Å²) in [6.45, 7) is 1.37. The van der Waals surface area contributed by atoms with Gasteiger partial charge in [0.15, 0.2) is 0 Å². The smallest absolute Gasteiger partial charge is 0.264 e. The minimum absolute atomic E-state index is 0.00533. The van der Waals surface area contributed by atoms with Crippen LogP contribution >= 0.6 is 15.9 Å². The van der Waals surface area contributed by atoms with Crippen LogP contribution in [0.3, 0.4) is 0 Å². The van der Waals surface area contributed by atoms with Crippen LogP contribution in [0, 0.1) is 6.92 Å². The summed E-state index contributed by atoms with van der Waals surface area (Å²) in [5.41, 5.74) is 3.93. The zero-order chi connectivity index (χ0) is 22.4. The Hall–Kier alpha value is -3.17. The number of aromatic hydroxyl groups is 1. The van der Waals surface area contributed by atoms with Gasteiger partial charge >= 0.3 is 0 Å². The van der Waals surface area contributed by atoms with E-state index in [4.69, 9.17) is 0 Å². The number of nitrogens with zero attached hydrogens (tertiary/aromatic N) is 2. The molecule has 0 radical (unpaired) electrons. The number of phenols is 1. The lowest BCUT2D eigenvalue weighted by Gasteiger charge is -2.24. The summed E-state index contributed by atoms with van der Waals surface area (Å²) < 4.78 is 28.2. The van der Waals surface area contributed by atoms with Crippen molar-refractivity contribution in [1.29, 1.82) is 0 Å². The van der Waals surface area contributed by atoms with E-state index in [1.165, 1.54) is 24.4 Å². The number of hydrogen-bond acceptors (Lipinski definition) is 5. The standard InChI is InChI=1S/C22H20BrN3O4S/c1-16-6-5-7-19(12-16)26(31(29,30)20-8-3-2-4-9-20)15-22(28)25-24-14-17-13-18(23)10-11-21(17)27/h2-14,27H,15H2,1H3,(H,25,28). The second kappa shape index (κ2) is 9.76.